The van der Waals surface area contributed by atoms with E-state index in [1.54, 1.807) is 12.5 Å². The van der Waals surface area contributed by atoms with Gasteiger partial charge in [-0.1, -0.05) is 6.42 Å². The highest BCUT2D eigenvalue weighted by molar-refractivity contribution is 5.93. The number of nitrogens with zero attached hydrogens (tertiary/aromatic N) is 2. The van der Waals surface area contributed by atoms with Crippen LogP contribution in [0.4, 0.5) is 0 Å². The Bertz CT molecular complexity index is 721. The van der Waals surface area contributed by atoms with Crippen molar-refractivity contribution in [2.24, 2.45) is 11.8 Å². The fourth-order valence-electron chi connectivity index (χ4n) is 4.66. The average Bonchev–Trinajstić information content (AvgIpc) is 3.33. The SMILES string of the molecule is Cc1ccoc1C(=O)N1C[C@@H]2CCC[C@H](N(C)Cc3ccco3)[C@@H]2C1. The van der Waals surface area contributed by atoms with Gasteiger partial charge in [0.05, 0.1) is 19.1 Å². The van der Waals surface area contributed by atoms with E-state index in [-0.39, 0.29) is 5.91 Å². The van der Waals surface area contributed by atoms with E-state index in [4.69, 9.17) is 8.83 Å². The molecule has 25 heavy (non-hydrogen) atoms. The fraction of sp³-hybridized carbons (Fsp3) is 0.550. The predicted octanol–water partition coefficient (Wildman–Crippen LogP) is 3.55. The van der Waals surface area contributed by atoms with E-state index in [9.17, 15) is 4.79 Å². The molecule has 0 bridgehead atoms. The molecule has 0 spiro atoms. The molecule has 1 saturated carbocycles. The van der Waals surface area contributed by atoms with Crippen LogP contribution in [0.15, 0.2) is 39.6 Å². The first-order chi connectivity index (χ1) is 12.1. The number of fused-ring (bicyclic) bond motifs is 1. The highest BCUT2D eigenvalue weighted by Gasteiger charge is 2.43. The zero-order valence-corrected chi connectivity index (χ0v) is 15.0. The monoisotopic (exact) mass is 342 g/mol. The minimum atomic E-state index is 0.0457. The van der Waals surface area contributed by atoms with Crippen molar-refractivity contribution in [2.75, 3.05) is 20.1 Å². The maximum absolute atomic E-state index is 12.8. The van der Waals surface area contributed by atoms with Crippen LogP contribution in [0.5, 0.6) is 0 Å². The summed E-state index contributed by atoms with van der Waals surface area (Å²) < 4.78 is 10.9. The van der Waals surface area contributed by atoms with Crippen LogP contribution in [0.25, 0.3) is 0 Å². The molecular weight excluding hydrogens is 316 g/mol. The molecule has 4 rings (SSSR count). The van der Waals surface area contributed by atoms with Crippen molar-refractivity contribution >= 4 is 5.91 Å². The third-order valence-corrected chi connectivity index (χ3v) is 5.96. The summed E-state index contributed by atoms with van der Waals surface area (Å²) in [6.45, 7) is 4.44. The van der Waals surface area contributed by atoms with Crippen LogP contribution in [0.2, 0.25) is 0 Å². The summed E-state index contributed by atoms with van der Waals surface area (Å²) in [5, 5.41) is 0. The standard InChI is InChI=1S/C20H26N2O3/c1-14-8-10-25-19(14)20(23)22-11-15-5-3-7-18(17(15)13-22)21(2)12-16-6-4-9-24-16/h4,6,8-10,15,17-18H,3,5,7,11-13H2,1-2H3/t15-,17+,18-/m0/s1. The summed E-state index contributed by atoms with van der Waals surface area (Å²) >= 11 is 0. The molecular formula is C20H26N2O3. The van der Waals surface area contributed by atoms with Gasteiger partial charge in [-0.05, 0) is 56.8 Å². The van der Waals surface area contributed by atoms with Gasteiger partial charge in [0.2, 0.25) is 0 Å². The van der Waals surface area contributed by atoms with Crippen molar-refractivity contribution in [3.63, 3.8) is 0 Å². The average molecular weight is 342 g/mol. The number of furan rings is 2. The van der Waals surface area contributed by atoms with Gasteiger partial charge in [-0.25, -0.2) is 0 Å². The molecule has 2 aliphatic rings. The quantitative estimate of drug-likeness (QED) is 0.852. The van der Waals surface area contributed by atoms with E-state index < -0.39 is 0 Å². The summed E-state index contributed by atoms with van der Waals surface area (Å²) in [4.78, 5) is 17.2. The Morgan fingerprint density at radius 3 is 2.84 bits per heavy atom. The summed E-state index contributed by atoms with van der Waals surface area (Å²) in [6, 6.07) is 6.32. The van der Waals surface area contributed by atoms with Crippen LogP contribution >= 0.6 is 0 Å². The van der Waals surface area contributed by atoms with Gasteiger partial charge in [-0.3, -0.25) is 9.69 Å². The molecule has 5 heteroatoms. The summed E-state index contributed by atoms with van der Waals surface area (Å²) in [7, 11) is 2.18. The first-order valence-corrected chi connectivity index (χ1v) is 9.19. The largest absolute Gasteiger partial charge is 0.468 e. The third kappa shape index (κ3) is 3.13. The van der Waals surface area contributed by atoms with Gasteiger partial charge in [0.25, 0.3) is 5.91 Å². The Morgan fingerprint density at radius 2 is 2.12 bits per heavy atom. The molecule has 5 nitrogen and oxygen atoms in total. The zero-order valence-electron chi connectivity index (χ0n) is 15.0. The first-order valence-electron chi connectivity index (χ1n) is 9.19. The maximum Gasteiger partial charge on any atom is 0.289 e. The lowest BCUT2D eigenvalue weighted by Gasteiger charge is -2.38. The van der Waals surface area contributed by atoms with Crippen LogP contribution in [0.3, 0.4) is 0 Å². The van der Waals surface area contributed by atoms with Crippen molar-refractivity contribution in [3.05, 3.63) is 47.8 Å². The fourth-order valence-corrected chi connectivity index (χ4v) is 4.66. The van der Waals surface area contributed by atoms with Gasteiger partial charge in [0.15, 0.2) is 5.76 Å². The predicted molar refractivity (Wildman–Crippen MR) is 94.1 cm³/mol. The number of rotatable bonds is 4. The minimum absolute atomic E-state index is 0.0457. The molecule has 3 atom stereocenters. The molecule has 1 amide bonds. The second kappa shape index (κ2) is 6.71. The van der Waals surface area contributed by atoms with Crippen LogP contribution in [0.1, 0.15) is 41.1 Å². The van der Waals surface area contributed by atoms with Gasteiger partial charge in [-0.2, -0.15) is 0 Å². The van der Waals surface area contributed by atoms with E-state index in [0.717, 1.165) is 31.0 Å². The highest BCUT2D eigenvalue weighted by Crippen LogP contribution is 2.39. The number of carbonyl (C=O) groups excluding carboxylic acids is 1. The molecule has 134 valence electrons. The minimum Gasteiger partial charge on any atom is -0.468 e. The number of hydrogen-bond donors (Lipinski definition) is 0. The van der Waals surface area contributed by atoms with Crippen LogP contribution in [-0.4, -0.2) is 41.9 Å². The second-order valence-corrected chi connectivity index (χ2v) is 7.56. The van der Waals surface area contributed by atoms with Crippen LogP contribution in [-0.2, 0) is 6.54 Å². The van der Waals surface area contributed by atoms with Crippen molar-refractivity contribution in [3.8, 4) is 0 Å². The smallest absolute Gasteiger partial charge is 0.289 e. The van der Waals surface area contributed by atoms with Crippen molar-refractivity contribution in [2.45, 2.75) is 38.8 Å². The molecule has 1 aliphatic carbocycles. The number of aryl methyl sites for hydroxylation is 1. The van der Waals surface area contributed by atoms with Gasteiger partial charge >= 0.3 is 0 Å². The first kappa shape index (κ1) is 16.5. The summed E-state index contributed by atoms with van der Waals surface area (Å²) in [5.41, 5.74) is 0.923. The van der Waals surface area contributed by atoms with Crippen LogP contribution < -0.4 is 0 Å². The van der Waals surface area contributed by atoms with Gasteiger partial charge in [0.1, 0.15) is 5.76 Å². The molecule has 2 aromatic heterocycles. The number of carbonyl (C=O) groups is 1. The van der Waals surface area contributed by atoms with Crippen molar-refractivity contribution in [1.29, 1.82) is 0 Å². The van der Waals surface area contributed by atoms with E-state index in [1.807, 2.05) is 30.0 Å². The Hall–Kier alpha value is -2.01. The third-order valence-electron chi connectivity index (χ3n) is 5.96. The maximum atomic E-state index is 12.8. The lowest BCUT2D eigenvalue weighted by atomic mass is 9.77. The van der Waals surface area contributed by atoms with E-state index in [0.29, 0.717) is 23.6 Å². The van der Waals surface area contributed by atoms with Gasteiger partial charge < -0.3 is 13.7 Å². The van der Waals surface area contributed by atoms with Crippen molar-refractivity contribution in [1.82, 2.24) is 9.80 Å². The number of hydrogen-bond acceptors (Lipinski definition) is 4. The summed E-state index contributed by atoms with van der Waals surface area (Å²) in [6.07, 6.45) is 6.98. The highest BCUT2D eigenvalue weighted by atomic mass is 16.3. The lowest BCUT2D eigenvalue weighted by Crippen LogP contribution is -2.43. The van der Waals surface area contributed by atoms with Gasteiger partial charge in [-0.15, -0.1) is 0 Å². The molecule has 2 aromatic rings. The molecule has 1 saturated heterocycles. The molecule has 2 fully saturated rings. The Kier molecular flexibility index (Phi) is 4.42. The van der Waals surface area contributed by atoms with E-state index in [1.165, 1.54) is 19.3 Å². The Balaban J connectivity index is 1.46. The van der Waals surface area contributed by atoms with E-state index in [2.05, 4.69) is 11.9 Å². The number of likely N-dealkylation sites (tertiary alicyclic amines) is 1. The Labute approximate surface area is 148 Å². The zero-order chi connectivity index (χ0) is 17.4. The second-order valence-electron chi connectivity index (χ2n) is 7.56. The van der Waals surface area contributed by atoms with Crippen molar-refractivity contribution < 1.29 is 13.6 Å². The summed E-state index contributed by atoms with van der Waals surface area (Å²) in [5.74, 6) is 2.68. The normalized spacial score (nSPS) is 26.2. The van der Waals surface area contributed by atoms with E-state index >= 15 is 0 Å². The molecule has 0 N–H and O–H groups in total. The molecule has 1 aliphatic heterocycles. The van der Waals surface area contributed by atoms with Crippen LogP contribution in [0, 0.1) is 18.8 Å². The molecule has 0 radical (unpaired) electrons. The molecule has 0 unspecified atom stereocenters. The lowest BCUT2D eigenvalue weighted by molar-refractivity contribution is 0.0736. The topological polar surface area (TPSA) is 49.8 Å². The molecule has 3 heterocycles. The Morgan fingerprint density at radius 1 is 1.24 bits per heavy atom. The van der Waals surface area contributed by atoms with Gasteiger partial charge in [0, 0.05) is 24.7 Å². The number of amides is 1. The molecule has 0 aromatic carbocycles.